The molecule has 0 radical (unpaired) electrons. The molecule has 0 aliphatic heterocycles. The van der Waals surface area contributed by atoms with Gasteiger partial charge in [0.1, 0.15) is 23.3 Å². The van der Waals surface area contributed by atoms with Crippen LogP contribution in [0.2, 0.25) is 0 Å². The zero-order chi connectivity index (χ0) is 14.7. The van der Waals surface area contributed by atoms with E-state index >= 15 is 0 Å². The first-order chi connectivity index (χ1) is 9.51. The summed E-state index contributed by atoms with van der Waals surface area (Å²) in [5, 5.41) is 3.26. The Morgan fingerprint density at radius 3 is 2.55 bits per heavy atom. The molecule has 1 heterocycles. The molecule has 1 unspecified atom stereocenters. The summed E-state index contributed by atoms with van der Waals surface area (Å²) in [6, 6.07) is 6.40. The van der Waals surface area contributed by atoms with E-state index < -0.39 is 0 Å². The average Bonchev–Trinajstić information content (AvgIpc) is 2.42. The van der Waals surface area contributed by atoms with E-state index in [1.807, 2.05) is 19.9 Å². The van der Waals surface area contributed by atoms with E-state index in [1.54, 1.807) is 13.0 Å². The molecule has 20 heavy (non-hydrogen) atoms. The van der Waals surface area contributed by atoms with Crippen LogP contribution in [0.3, 0.4) is 0 Å². The largest absolute Gasteiger partial charge is 0.363 e. The first kappa shape index (κ1) is 14.2. The summed E-state index contributed by atoms with van der Waals surface area (Å²) >= 11 is 0. The molecular formula is C14H18FN5. The number of nitrogens with one attached hydrogen (secondary N) is 2. The number of hydrazine groups is 1. The molecule has 0 saturated heterocycles. The lowest BCUT2D eigenvalue weighted by molar-refractivity contribution is 0.623. The van der Waals surface area contributed by atoms with E-state index in [-0.39, 0.29) is 11.9 Å². The number of aryl methyl sites for hydroxylation is 1. The summed E-state index contributed by atoms with van der Waals surface area (Å²) in [5.41, 5.74) is 4.22. The highest BCUT2D eigenvalue weighted by molar-refractivity contribution is 5.57. The molecule has 0 aliphatic rings. The van der Waals surface area contributed by atoms with Gasteiger partial charge in [0.2, 0.25) is 0 Å². The van der Waals surface area contributed by atoms with Crippen molar-refractivity contribution in [1.29, 1.82) is 0 Å². The quantitative estimate of drug-likeness (QED) is 0.591. The molecule has 5 nitrogen and oxygen atoms in total. The number of nitrogens with two attached hydrogens (primary N) is 1. The van der Waals surface area contributed by atoms with E-state index in [1.165, 1.54) is 12.1 Å². The van der Waals surface area contributed by atoms with Crippen LogP contribution in [0.5, 0.6) is 0 Å². The predicted octanol–water partition coefficient (Wildman–Crippen LogP) is 2.69. The van der Waals surface area contributed by atoms with Crippen molar-refractivity contribution in [2.75, 3.05) is 10.7 Å². The first-order valence-electron chi connectivity index (χ1n) is 6.35. The van der Waals surface area contributed by atoms with E-state index in [4.69, 9.17) is 5.84 Å². The van der Waals surface area contributed by atoms with E-state index in [9.17, 15) is 4.39 Å². The Morgan fingerprint density at radius 2 is 1.90 bits per heavy atom. The van der Waals surface area contributed by atoms with Gasteiger partial charge >= 0.3 is 0 Å². The number of hydrogen-bond acceptors (Lipinski definition) is 5. The van der Waals surface area contributed by atoms with Crippen LogP contribution in [-0.4, -0.2) is 9.97 Å². The standard InChI is InChI=1S/C14H18FN5/c1-8-13(18-10(3)19-14(8)20-16)17-9(2)11-5-4-6-12(15)7-11/h4-7,9H,16H2,1-3H3,(H2,17,18,19,20). The minimum absolute atomic E-state index is 0.0793. The van der Waals surface area contributed by atoms with Gasteiger partial charge in [0.05, 0.1) is 6.04 Å². The number of anilines is 2. The van der Waals surface area contributed by atoms with Gasteiger partial charge in [-0.1, -0.05) is 12.1 Å². The lowest BCUT2D eigenvalue weighted by Gasteiger charge is -2.18. The maximum atomic E-state index is 13.2. The van der Waals surface area contributed by atoms with Crippen molar-refractivity contribution in [2.24, 2.45) is 5.84 Å². The summed E-state index contributed by atoms with van der Waals surface area (Å²) in [6.07, 6.45) is 0. The molecule has 2 rings (SSSR count). The van der Waals surface area contributed by atoms with Gasteiger partial charge in [0.15, 0.2) is 0 Å². The lowest BCUT2D eigenvalue weighted by Crippen LogP contribution is -2.15. The number of rotatable bonds is 4. The first-order valence-corrected chi connectivity index (χ1v) is 6.35. The molecule has 4 N–H and O–H groups in total. The molecule has 0 amide bonds. The van der Waals surface area contributed by atoms with E-state index in [0.717, 1.165) is 11.1 Å². The SMILES string of the molecule is Cc1nc(NN)c(C)c(NC(C)c2cccc(F)c2)n1. The molecular weight excluding hydrogens is 257 g/mol. The van der Waals surface area contributed by atoms with Gasteiger partial charge < -0.3 is 10.7 Å². The zero-order valence-corrected chi connectivity index (χ0v) is 11.7. The van der Waals surface area contributed by atoms with Crippen molar-refractivity contribution < 1.29 is 4.39 Å². The summed E-state index contributed by atoms with van der Waals surface area (Å²) in [7, 11) is 0. The zero-order valence-electron chi connectivity index (χ0n) is 11.7. The van der Waals surface area contributed by atoms with Crippen LogP contribution in [0.4, 0.5) is 16.0 Å². The fourth-order valence-electron chi connectivity index (χ4n) is 1.97. The number of halogens is 1. The fourth-order valence-corrected chi connectivity index (χ4v) is 1.97. The second kappa shape index (κ2) is 5.83. The molecule has 0 aliphatic carbocycles. The highest BCUT2D eigenvalue weighted by Gasteiger charge is 2.12. The van der Waals surface area contributed by atoms with Crippen LogP contribution in [0.1, 0.15) is 29.9 Å². The average molecular weight is 275 g/mol. The number of hydrogen-bond donors (Lipinski definition) is 3. The van der Waals surface area contributed by atoms with E-state index in [0.29, 0.717) is 17.5 Å². The molecule has 0 fully saturated rings. The number of nitrogens with zero attached hydrogens (tertiary/aromatic N) is 2. The van der Waals surface area contributed by atoms with Crippen molar-refractivity contribution in [3.05, 3.63) is 47.0 Å². The van der Waals surface area contributed by atoms with Crippen LogP contribution in [0.25, 0.3) is 0 Å². The topological polar surface area (TPSA) is 75.9 Å². The molecule has 0 saturated carbocycles. The Balaban J connectivity index is 2.28. The van der Waals surface area contributed by atoms with E-state index in [2.05, 4.69) is 20.7 Å². The Morgan fingerprint density at radius 1 is 1.20 bits per heavy atom. The second-order valence-corrected chi connectivity index (χ2v) is 4.66. The van der Waals surface area contributed by atoms with Crippen LogP contribution in [-0.2, 0) is 0 Å². The van der Waals surface area contributed by atoms with Gasteiger partial charge in [-0.3, -0.25) is 0 Å². The second-order valence-electron chi connectivity index (χ2n) is 4.66. The lowest BCUT2D eigenvalue weighted by atomic mass is 10.1. The minimum Gasteiger partial charge on any atom is -0.363 e. The van der Waals surface area contributed by atoms with Crippen LogP contribution in [0.15, 0.2) is 24.3 Å². The molecule has 106 valence electrons. The van der Waals surface area contributed by atoms with Gasteiger partial charge in [-0.25, -0.2) is 20.2 Å². The monoisotopic (exact) mass is 275 g/mol. The fraction of sp³-hybridized carbons (Fsp3) is 0.286. The van der Waals surface area contributed by atoms with Crippen molar-refractivity contribution in [3.8, 4) is 0 Å². The van der Waals surface area contributed by atoms with Gasteiger partial charge in [-0.15, -0.1) is 0 Å². The highest BCUT2D eigenvalue weighted by atomic mass is 19.1. The Labute approximate surface area is 117 Å². The molecule has 1 aromatic heterocycles. The molecule has 6 heteroatoms. The molecule has 2 aromatic rings. The minimum atomic E-state index is -0.254. The van der Waals surface area contributed by atoms with Crippen LogP contribution >= 0.6 is 0 Å². The number of benzene rings is 1. The highest BCUT2D eigenvalue weighted by Crippen LogP contribution is 2.24. The third-order valence-corrected chi connectivity index (χ3v) is 3.10. The van der Waals surface area contributed by atoms with Crippen molar-refractivity contribution in [3.63, 3.8) is 0 Å². The van der Waals surface area contributed by atoms with Gasteiger partial charge in [0.25, 0.3) is 0 Å². The molecule has 1 aromatic carbocycles. The van der Waals surface area contributed by atoms with Gasteiger partial charge in [-0.05, 0) is 38.5 Å². The van der Waals surface area contributed by atoms with Crippen molar-refractivity contribution in [1.82, 2.24) is 9.97 Å². The molecule has 0 spiro atoms. The van der Waals surface area contributed by atoms with Crippen LogP contribution < -0.4 is 16.6 Å². The number of nitrogen functional groups attached to an aromatic ring is 1. The van der Waals surface area contributed by atoms with Gasteiger partial charge in [-0.2, -0.15) is 0 Å². The third kappa shape index (κ3) is 3.03. The number of aromatic nitrogens is 2. The normalized spacial score (nSPS) is 12.1. The van der Waals surface area contributed by atoms with Crippen molar-refractivity contribution >= 4 is 11.6 Å². The smallest absolute Gasteiger partial charge is 0.148 e. The van der Waals surface area contributed by atoms with Gasteiger partial charge in [0, 0.05) is 5.56 Å². The third-order valence-electron chi connectivity index (χ3n) is 3.10. The Bertz CT molecular complexity index is 615. The molecule has 0 bridgehead atoms. The maximum absolute atomic E-state index is 13.2. The summed E-state index contributed by atoms with van der Waals surface area (Å²) < 4.78 is 13.2. The Kier molecular flexibility index (Phi) is 4.14. The molecule has 1 atom stereocenters. The van der Waals surface area contributed by atoms with Crippen LogP contribution in [0, 0.1) is 19.7 Å². The summed E-state index contributed by atoms with van der Waals surface area (Å²) in [5.74, 6) is 7.05. The maximum Gasteiger partial charge on any atom is 0.148 e. The Hall–Kier alpha value is -2.21. The summed E-state index contributed by atoms with van der Waals surface area (Å²) in [6.45, 7) is 5.61. The van der Waals surface area contributed by atoms with Crippen molar-refractivity contribution in [2.45, 2.75) is 26.8 Å². The predicted molar refractivity (Wildman–Crippen MR) is 77.8 cm³/mol. The summed E-state index contributed by atoms with van der Waals surface area (Å²) in [4.78, 5) is 8.56.